The van der Waals surface area contributed by atoms with Gasteiger partial charge in [-0.1, -0.05) is 33.1 Å². The summed E-state index contributed by atoms with van der Waals surface area (Å²) in [5.74, 6) is 0.395. The second-order valence-corrected chi connectivity index (χ2v) is 3.78. The molecule has 0 aliphatic heterocycles. The first kappa shape index (κ1) is 12.6. The van der Waals surface area contributed by atoms with Gasteiger partial charge in [0, 0.05) is 6.42 Å². The van der Waals surface area contributed by atoms with Crippen LogP contribution in [0.25, 0.3) is 0 Å². The van der Waals surface area contributed by atoms with Gasteiger partial charge in [-0.25, -0.2) is 0 Å². The van der Waals surface area contributed by atoms with Gasteiger partial charge < -0.3 is 5.11 Å². The Labute approximate surface area is 81.3 Å². The second-order valence-electron chi connectivity index (χ2n) is 3.78. The smallest absolute Gasteiger partial charge is 0.132 e. The number of unbranched alkanes of at least 4 members (excludes halogenated alkanes) is 1. The standard InChI is InChI=1S/C11H22O2/c1-4-6-7-10(5-2)11(13)8-9(3)12/h10-11,13H,4-8H2,1-3H3/t10-,11-/m0/s1. The average molecular weight is 186 g/mol. The van der Waals surface area contributed by atoms with Crippen LogP contribution in [0.5, 0.6) is 0 Å². The van der Waals surface area contributed by atoms with Gasteiger partial charge in [0.15, 0.2) is 0 Å². The van der Waals surface area contributed by atoms with Crippen molar-refractivity contribution < 1.29 is 9.90 Å². The summed E-state index contributed by atoms with van der Waals surface area (Å²) in [7, 11) is 0. The van der Waals surface area contributed by atoms with E-state index in [-0.39, 0.29) is 5.78 Å². The first-order valence-corrected chi connectivity index (χ1v) is 5.29. The summed E-state index contributed by atoms with van der Waals surface area (Å²) in [6.45, 7) is 5.75. The first-order valence-electron chi connectivity index (χ1n) is 5.29. The fraction of sp³-hybridized carbons (Fsp3) is 0.909. The van der Waals surface area contributed by atoms with Crippen molar-refractivity contribution in [3.63, 3.8) is 0 Å². The van der Waals surface area contributed by atoms with Gasteiger partial charge in [0.1, 0.15) is 5.78 Å². The van der Waals surface area contributed by atoms with Crippen molar-refractivity contribution in [1.29, 1.82) is 0 Å². The number of rotatable bonds is 7. The molecule has 0 amide bonds. The minimum absolute atomic E-state index is 0.0856. The van der Waals surface area contributed by atoms with Crippen LogP contribution < -0.4 is 0 Å². The summed E-state index contributed by atoms with van der Waals surface area (Å²) < 4.78 is 0. The number of hydrogen-bond acceptors (Lipinski definition) is 2. The van der Waals surface area contributed by atoms with Crippen molar-refractivity contribution >= 4 is 5.78 Å². The third kappa shape index (κ3) is 5.81. The van der Waals surface area contributed by atoms with Gasteiger partial charge in [-0.05, 0) is 19.3 Å². The molecule has 0 unspecified atom stereocenters. The third-order valence-electron chi connectivity index (χ3n) is 2.49. The van der Waals surface area contributed by atoms with E-state index in [1.54, 1.807) is 0 Å². The van der Waals surface area contributed by atoms with Gasteiger partial charge in [0.2, 0.25) is 0 Å². The Morgan fingerprint density at radius 1 is 1.38 bits per heavy atom. The summed E-state index contributed by atoms with van der Waals surface area (Å²) in [5, 5.41) is 9.69. The van der Waals surface area contributed by atoms with Crippen LogP contribution in [0.1, 0.15) is 52.9 Å². The average Bonchev–Trinajstić information content (AvgIpc) is 2.04. The number of Topliss-reactive ketones (excluding diaryl/α,β-unsaturated/α-hetero) is 1. The normalized spacial score (nSPS) is 15.4. The molecule has 0 saturated carbocycles. The molecular weight excluding hydrogens is 164 g/mol. The number of ketones is 1. The molecule has 0 saturated heterocycles. The SMILES string of the molecule is CCCC[C@H](CC)[C@@H](O)CC(C)=O. The highest BCUT2D eigenvalue weighted by Crippen LogP contribution is 2.19. The van der Waals surface area contributed by atoms with E-state index in [4.69, 9.17) is 0 Å². The Hall–Kier alpha value is -0.370. The van der Waals surface area contributed by atoms with E-state index < -0.39 is 6.10 Å². The molecule has 0 aliphatic rings. The maximum atomic E-state index is 10.8. The quantitative estimate of drug-likeness (QED) is 0.663. The van der Waals surface area contributed by atoms with Crippen LogP contribution in [0.4, 0.5) is 0 Å². The lowest BCUT2D eigenvalue weighted by atomic mass is 9.91. The fourth-order valence-corrected chi connectivity index (χ4v) is 1.60. The summed E-state index contributed by atoms with van der Waals surface area (Å²) in [4.78, 5) is 10.8. The molecule has 0 aromatic heterocycles. The zero-order chi connectivity index (χ0) is 10.3. The number of carbonyl (C=O) groups excluding carboxylic acids is 1. The van der Waals surface area contributed by atoms with Crippen LogP contribution in [0.3, 0.4) is 0 Å². The number of carbonyl (C=O) groups is 1. The molecule has 13 heavy (non-hydrogen) atoms. The number of aliphatic hydroxyl groups excluding tert-OH is 1. The van der Waals surface area contributed by atoms with Crippen LogP contribution in [-0.2, 0) is 4.79 Å². The molecule has 2 heteroatoms. The van der Waals surface area contributed by atoms with E-state index in [0.717, 1.165) is 25.7 Å². The number of aliphatic hydroxyl groups is 1. The molecular formula is C11H22O2. The van der Waals surface area contributed by atoms with Crippen molar-refractivity contribution in [2.24, 2.45) is 5.92 Å². The molecule has 2 atom stereocenters. The highest BCUT2D eigenvalue weighted by atomic mass is 16.3. The van der Waals surface area contributed by atoms with Crippen molar-refractivity contribution in [1.82, 2.24) is 0 Å². The molecule has 0 aromatic rings. The number of hydrogen-bond donors (Lipinski definition) is 1. The molecule has 0 heterocycles. The molecule has 0 bridgehead atoms. The topological polar surface area (TPSA) is 37.3 Å². The molecule has 0 aromatic carbocycles. The van der Waals surface area contributed by atoms with Crippen LogP contribution in [0.15, 0.2) is 0 Å². The molecule has 1 N–H and O–H groups in total. The van der Waals surface area contributed by atoms with E-state index in [9.17, 15) is 9.90 Å². The highest BCUT2D eigenvalue weighted by molar-refractivity contribution is 5.75. The first-order chi connectivity index (χ1) is 6.11. The molecule has 78 valence electrons. The summed E-state index contributed by atoms with van der Waals surface area (Å²) >= 11 is 0. The Bertz CT molecular complexity index is 143. The van der Waals surface area contributed by atoms with Gasteiger partial charge in [0.25, 0.3) is 0 Å². The maximum absolute atomic E-state index is 10.8. The molecule has 2 nitrogen and oxygen atoms in total. The third-order valence-corrected chi connectivity index (χ3v) is 2.49. The van der Waals surface area contributed by atoms with Gasteiger partial charge in [-0.3, -0.25) is 4.79 Å². The zero-order valence-electron chi connectivity index (χ0n) is 9.05. The minimum Gasteiger partial charge on any atom is -0.392 e. The molecule has 0 spiro atoms. The van der Waals surface area contributed by atoms with E-state index in [0.29, 0.717) is 12.3 Å². The Kier molecular flexibility index (Phi) is 6.87. The maximum Gasteiger partial charge on any atom is 0.132 e. The highest BCUT2D eigenvalue weighted by Gasteiger charge is 2.17. The van der Waals surface area contributed by atoms with Gasteiger partial charge >= 0.3 is 0 Å². The van der Waals surface area contributed by atoms with Crippen molar-refractivity contribution in [3.8, 4) is 0 Å². The predicted octanol–water partition coefficient (Wildman–Crippen LogP) is 2.54. The van der Waals surface area contributed by atoms with E-state index in [1.165, 1.54) is 6.92 Å². The van der Waals surface area contributed by atoms with E-state index in [2.05, 4.69) is 13.8 Å². The minimum atomic E-state index is -0.422. The van der Waals surface area contributed by atoms with Crippen LogP contribution in [0, 0.1) is 5.92 Å². The summed E-state index contributed by atoms with van der Waals surface area (Å²) in [5.41, 5.74) is 0. The van der Waals surface area contributed by atoms with Crippen molar-refractivity contribution in [2.75, 3.05) is 0 Å². The largest absolute Gasteiger partial charge is 0.392 e. The van der Waals surface area contributed by atoms with Gasteiger partial charge in [-0.2, -0.15) is 0 Å². The Morgan fingerprint density at radius 2 is 2.00 bits per heavy atom. The lowest BCUT2D eigenvalue weighted by Gasteiger charge is -2.20. The molecule has 0 fully saturated rings. The fourth-order valence-electron chi connectivity index (χ4n) is 1.60. The van der Waals surface area contributed by atoms with Gasteiger partial charge in [0.05, 0.1) is 6.10 Å². The van der Waals surface area contributed by atoms with Gasteiger partial charge in [-0.15, -0.1) is 0 Å². The van der Waals surface area contributed by atoms with Crippen molar-refractivity contribution in [3.05, 3.63) is 0 Å². The lowest BCUT2D eigenvalue weighted by Crippen LogP contribution is -2.22. The predicted molar refractivity (Wildman–Crippen MR) is 54.6 cm³/mol. The Balaban J connectivity index is 3.83. The second kappa shape index (κ2) is 7.07. The monoisotopic (exact) mass is 186 g/mol. The van der Waals surface area contributed by atoms with E-state index in [1.807, 2.05) is 0 Å². The lowest BCUT2D eigenvalue weighted by molar-refractivity contribution is -0.119. The molecule has 0 rings (SSSR count). The van der Waals surface area contributed by atoms with Crippen LogP contribution in [-0.4, -0.2) is 17.0 Å². The van der Waals surface area contributed by atoms with Crippen LogP contribution >= 0.6 is 0 Å². The Morgan fingerprint density at radius 3 is 2.38 bits per heavy atom. The van der Waals surface area contributed by atoms with E-state index >= 15 is 0 Å². The van der Waals surface area contributed by atoms with Crippen molar-refractivity contribution in [2.45, 2.75) is 59.0 Å². The molecule has 0 aliphatic carbocycles. The molecule has 0 radical (unpaired) electrons. The van der Waals surface area contributed by atoms with Crippen LogP contribution in [0.2, 0.25) is 0 Å². The summed E-state index contributed by atoms with van der Waals surface area (Å²) in [6, 6.07) is 0. The zero-order valence-corrected chi connectivity index (χ0v) is 9.05. The summed E-state index contributed by atoms with van der Waals surface area (Å²) in [6.07, 6.45) is 4.21.